The van der Waals surface area contributed by atoms with Crippen LogP contribution in [0.3, 0.4) is 0 Å². The second-order valence-corrected chi connectivity index (χ2v) is 6.90. The van der Waals surface area contributed by atoms with Gasteiger partial charge in [0.15, 0.2) is 0 Å². The summed E-state index contributed by atoms with van der Waals surface area (Å²) in [5.74, 6) is 0.637. The Balaban J connectivity index is 2.01. The van der Waals surface area contributed by atoms with Gasteiger partial charge in [-0.3, -0.25) is 4.79 Å². The molecule has 2 N–H and O–H groups in total. The fraction of sp³-hybridized carbons (Fsp3) is 0.588. The van der Waals surface area contributed by atoms with Crippen LogP contribution >= 0.6 is 0 Å². The monoisotopic (exact) mass is 274 g/mol. The first-order valence-electron chi connectivity index (χ1n) is 7.50. The molecule has 0 aliphatic heterocycles. The van der Waals surface area contributed by atoms with Crippen LogP contribution in [0, 0.1) is 11.3 Å². The molecular weight excluding hydrogens is 248 g/mol. The van der Waals surface area contributed by atoms with Gasteiger partial charge in [0.25, 0.3) is 0 Å². The van der Waals surface area contributed by atoms with Gasteiger partial charge in [-0.25, -0.2) is 0 Å². The van der Waals surface area contributed by atoms with Gasteiger partial charge in [-0.2, -0.15) is 0 Å². The molecule has 0 aromatic heterocycles. The predicted molar refractivity (Wildman–Crippen MR) is 85.0 cm³/mol. The Morgan fingerprint density at radius 2 is 2.00 bits per heavy atom. The van der Waals surface area contributed by atoms with Gasteiger partial charge < -0.3 is 10.6 Å². The summed E-state index contributed by atoms with van der Waals surface area (Å²) in [5.41, 5.74) is 2.41. The average Bonchev–Trinajstić information content (AvgIpc) is 2.32. The van der Waals surface area contributed by atoms with E-state index in [2.05, 4.69) is 37.5 Å². The molecule has 0 radical (unpaired) electrons. The normalized spacial score (nSPS) is 25.0. The van der Waals surface area contributed by atoms with E-state index < -0.39 is 0 Å². The van der Waals surface area contributed by atoms with Crippen molar-refractivity contribution in [2.24, 2.45) is 11.3 Å². The van der Waals surface area contributed by atoms with Crippen molar-refractivity contribution in [3.8, 4) is 0 Å². The van der Waals surface area contributed by atoms with E-state index >= 15 is 0 Å². The first kappa shape index (κ1) is 14.9. The van der Waals surface area contributed by atoms with E-state index in [1.165, 1.54) is 26.2 Å². The molecule has 1 saturated carbocycles. The predicted octanol–water partition coefficient (Wildman–Crippen LogP) is 4.27. The molecule has 1 aromatic rings. The van der Waals surface area contributed by atoms with Crippen LogP contribution in [0.15, 0.2) is 24.3 Å². The summed E-state index contributed by atoms with van der Waals surface area (Å²) in [6, 6.07) is 8.49. The highest BCUT2D eigenvalue weighted by Gasteiger charge is 2.32. The summed E-state index contributed by atoms with van der Waals surface area (Å²) in [5, 5.41) is 6.46. The summed E-state index contributed by atoms with van der Waals surface area (Å²) in [4.78, 5) is 11.1. The largest absolute Gasteiger partial charge is 0.382 e. The summed E-state index contributed by atoms with van der Waals surface area (Å²) < 4.78 is 0. The van der Waals surface area contributed by atoms with E-state index in [0.717, 1.165) is 11.4 Å². The molecule has 20 heavy (non-hydrogen) atoms. The molecule has 1 fully saturated rings. The van der Waals surface area contributed by atoms with E-state index in [1.54, 1.807) is 0 Å². The minimum atomic E-state index is -0.0325. The fourth-order valence-electron chi connectivity index (χ4n) is 3.27. The van der Waals surface area contributed by atoms with Crippen LogP contribution in [0.2, 0.25) is 0 Å². The second-order valence-electron chi connectivity index (χ2n) is 6.90. The molecule has 3 heteroatoms. The highest BCUT2D eigenvalue weighted by atomic mass is 16.1. The Hall–Kier alpha value is -1.51. The molecule has 0 bridgehead atoms. The standard InChI is InChI=1S/C17H26N2O/c1-12-11-17(3,4)9-8-16(12)19-15-7-5-6-14(10-15)18-13(2)20/h5-7,10,12,16,19H,8-9,11H2,1-4H3,(H,18,20). The number of anilines is 2. The van der Waals surface area contributed by atoms with E-state index in [0.29, 0.717) is 17.4 Å². The third-order valence-corrected chi connectivity index (χ3v) is 4.23. The summed E-state index contributed by atoms with van der Waals surface area (Å²) in [6.45, 7) is 8.58. The van der Waals surface area contributed by atoms with E-state index in [9.17, 15) is 4.79 Å². The van der Waals surface area contributed by atoms with Gasteiger partial charge in [-0.05, 0) is 48.8 Å². The van der Waals surface area contributed by atoms with E-state index in [-0.39, 0.29) is 5.91 Å². The van der Waals surface area contributed by atoms with Gasteiger partial charge in [0.2, 0.25) is 5.91 Å². The fourth-order valence-corrected chi connectivity index (χ4v) is 3.27. The van der Waals surface area contributed by atoms with Crippen LogP contribution in [0.25, 0.3) is 0 Å². The summed E-state index contributed by atoms with van der Waals surface area (Å²) >= 11 is 0. The number of amides is 1. The van der Waals surface area contributed by atoms with Gasteiger partial charge in [-0.1, -0.05) is 26.8 Å². The number of carbonyl (C=O) groups is 1. The molecule has 3 nitrogen and oxygen atoms in total. The molecule has 0 spiro atoms. The van der Waals surface area contributed by atoms with Crippen molar-refractivity contribution < 1.29 is 4.79 Å². The molecule has 0 heterocycles. The van der Waals surface area contributed by atoms with E-state index in [1.807, 2.05) is 18.2 Å². The van der Waals surface area contributed by atoms with Gasteiger partial charge in [0, 0.05) is 24.3 Å². The van der Waals surface area contributed by atoms with Crippen molar-refractivity contribution in [1.82, 2.24) is 0 Å². The SMILES string of the molecule is CC(=O)Nc1cccc(NC2CCC(C)(C)CC2C)c1. The van der Waals surface area contributed by atoms with Crippen molar-refractivity contribution in [2.75, 3.05) is 10.6 Å². The zero-order chi connectivity index (χ0) is 14.8. The average molecular weight is 274 g/mol. The topological polar surface area (TPSA) is 41.1 Å². The van der Waals surface area contributed by atoms with Crippen molar-refractivity contribution >= 4 is 17.3 Å². The number of carbonyl (C=O) groups excluding carboxylic acids is 1. The first-order chi connectivity index (χ1) is 9.35. The maximum atomic E-state index is 11.1. The summed E-state index contributed by atoms with van der Waals surface area (Å²) in [6.07, 6.45) is 3.73. The lowest BCUT2D eigenvalue weighted by Crippen LogP contribution is -2.36. The minimum absolute atomic E-state index is 0.0325. The Morgan fingerprint density at radius 3 is 2.65 bits per heavy atom. The molecule has 1 aliphatic rings. The third-order valence-electron chi connectivity index (χ3n) is 4.23. The number of benzene rings is 1. The molecule has 1 amide bonds. The lowest BCUT2D eigenvalue weighted by Gasteiger charge is -2.40. The lowest BCUT2D eigenvalue weighted by molar-refractivity contribution is -0.114. The zero-order valence-electron chi connectivity index (χ0n) is 13.0. The maximum absolute atomic E-state index is 11.1. The molecular formula is C17H26N2O. The molecule has 2 unspecified atom stereocenters. The van der Waals surface area contributed by atoms with Crippen LogP contribution in [0.4, 0.5) is 11.4 Å². The number of hydrogen-bond donors (Lipinski definition) is 2. The van der Waals surface area contributed by atoms with Gasteiger partial charge in [0.1, 0.15) is 0 Å². The first-order valence-corrected chi connectivity index (χ1v) is 7.50. The van der Waals surface area contributed by atoms with Crippen molar-refractivity contribution in [3.63, 3.8) is 0 Å². The Morgan fingerprint density at radius 1 is 1.30 bits per heavy atom. The Bertz CT molecular complexity index is 482. The molecule has 110 valence electrons. The summed E-state index contributed by atoms with van der Waals surface area (Å²) in [7, 11) is 0. The van der Waals surface area contributed by atoms with Crippen LogP contribution < -0.4 is 10.6 Å². The molecule has 1 aromatic carbocycles. The Labute approximate surface area is 122 Å². The van der Waals surface area contributed by atoms with Gasteiger partial charge in [0.05, 0.1) is 0 Å². The smallest absolute Gasteiger partial charge is 0.221 e. The van der Waals surface area contributed by atoms with Crippen LogP contribution in [-0.2, 0) is 4.79 Å². The second kappa shape index (κ2) is 5.86. The van der Waals surface area contributed by atoms with Crippen LogP contribution in [-0.4, -0.2) is 11.9 Å². The zero-order valence-corrected chi connectivity index (χ0v) is 13.0. The molecule has 1 aliphatic carbocycles. The molecule has 2 atom stereocenters. The third kappa shape index (κ3) is 3.99. The number of nitrogens with one attached hydrogen (secondary N) is 2. The van der Waals surface area contributed by atoms with E-state index in [4.69, 9.17) is 0 Å². The highest BCUT2D eigenvalue weighted by Crippen LogP contribution is 2.39. The van der Waals surface area contributed by atoms with Crippen LogP contribution in [0.1, 0.15) is 47.0 Å². The molecule has 0 saturated heterocycles. The number of hydrogen-bond acceptors (Lipinski definition) is 2. The lowest BCUT2D eigenvalue weighted by atomic mass is 9.70. The van der Waals surface area contributed by atoms with Crippen molar-refractivity contribution in [2.45, 2.75) is 53.0 Å². The van der Waals surface area contributed by atoms with Gasteiger partial charge in [-0.15, -0.1) is 0 Å². The van der Waals surface area contributed by atoms with Crippen LogP contribution in [0.5, 0.6) is 0 Å². The Kier molecular flexibility index (Phi) is 4.36. The van der Waals surface area contributed by atoms with Crippen molar-refractivity contribution in [3.05, 3.63) is 24.3 Å². The number of rotatable bonds is 3. The molecule has 2 rings (SSSR count). The maximum Gasteiger partial charge on any atom is 0.221 e. The minimum Gasteiger partial charge on any atom is -0.382 e. The van der Waals surface area contributed by atoms with Crippen molar-refractivity contribution in [1.29, 1.82) is 0 Å². The highest BCUT2D eigenvalue weighted by molar-refractivity contribution is 5.89. The van der Waals surface area contributed by atoms with Gasteiger partial charge >= 0.3 is 0 Å². The quantitative estimate of drug-likeness (QED) is 0.864.